The molecule has 170 valence electrons. The Morgan fingerprint density at radius 3 is 2.85 bits per heavy atom. The zero-order valence-corrected chi connectivity index (χ0v) is 18.7. The molecular weight excluding hydrogens is 444 g/mol. The summed E-state index contributed by atoms with van der Waals surface area (Å²) in [6.45, 7) is 0.516. The van der Waals surface area contributed by atoms with Gasteiger partial charge in [0.1, 0.15) is 17.6 Å². The lowest BCUT2D eigenvalue weighted by Gasteiger charge is -2.25. The zero-order valence-electron chi connectivity index (χ0n) is 17.8. The number of nitrogens with zero attached hydrogens (tertiary/aromatic N) is 3. The van der Waals surface area contributed by atoms with Crippen molar-refractivity contribution in [1.82, 2.24) is 15.2 Å². The first-order valence-electron chi connectivity index (χ1n) is 10.4. The summed E-state index contributed by atoms with van der Waals surface area (Å²) in [4.78, 5) is 28.8. The highest BCUT2D eigenvalue weighted by Crippen LogP contribution is 2.40. The Morgan fingerprint density at radius 1 is 1.27 bits per heavy atom. The second-order valence-electron chi connectivity index (χ2n) is 7.51. The highest BCUT2D eigenvalue weighted by atomic mass is 32.1. The van der Waals surface area contributed by atoms with Gasteiger partial charge in [0.25, 0.3) is 5.69 Å². The maximum Gasteiger partial charge on any atom is 0.305 e. The average molecular weight is 467 g/mol. The molecule has 33 heavy (non-hydrogen) atoms. The van der Waals surface area contributed by atoms with E-state index in [1.54, 1.807) is 24.4 Å². The molecule has 0 saturated carbocycles. The number of carbonyl (C=O) groups is 1. The van der Waals surface area contributed by atoms with E-state index in [0.717, 1.165) is 5.69 Å². The minimum Gasteiger partial charge on any atom is -0.469 e. The van der Waals surface area contributed by atoms with Gasteiger partial charge < -0.3 is 19.4 Å². The van der Waals surface area contributed by atoms with Crippen molar-refractivity contribution >= 4 is 29.0 Å². The predicted octanol–water partition coefficient (Wildman–Crippen LogP) is 4.18. The maximum absolute atomic E-state index is 11.6. The average Bonchev–Trinajstić information content (AvgIpc) is 3.44. The SMILES string of the molecule is COC(=O)CCCN1C(=S)N[C@@H](c2ccccn2)[C@@H]1c1ccc(-c2cccc([N+](=O)[O-])c2)o1. The number of benzene rings is 1. The van der Waals surface area contributed by atoms with Crippen LogP contribution in [0.5, 0.6) is 0 Å². The molecule has 1 saturated heterocycles. The van der Waals surface area contributed by atoms with Crippen molar-refractivity contribution in [3.8, 4) is 11.3 Å². The van der Waals surface area contributed by atoms with Gasteiger partial charge in [-0.3, -0.25) is 19.9 Å². The number of ether oxygens (including phenoxy) is 1. The van der Waals surface area contributed by atoms with Crippen LogP contribution < -0.4 is 5.32 Å². The van der Waals surface area contributed by atoms with Crippen molar-refractivity contribution in [3.63, 3.8) is 0 Å². The van der Waals surface area contributed by atoms with Gasteiger partial charge in [-0.05, 0) is 42.9 Å². The Hall–Kier alpha value is -3.79. The highest BCUT2D eigenvalue weighted by molar-refractivity contribution is 7.80. The molecular formula is C23H22N4O5S. The molecule has 3 aromatic rings. The fraction of sp³-hybridized carbons (Fsp3) is 0.261. The molecule has 1 N–H and O–H groups in total. The van der Waals surface area contributed by atoms with Crippen LogP contribution in [0.3, 0.4) is 0 Å². The second kappa shape index (κ2) is 9.78. The molecule has 2 aromatic heterocycles. The quantitative estimate of drug-likeness (QED) is 0.226. The normalized spacial score (nSPS) is 17.6. The van der Waals surface area contributed by atoms with Crippen molar-refractivity contribution in [1.29, 1.82) is 0 Å². The number of nitro groups is 1. The fourth-order valence-electron chi connectivity index (χ4n) is 3.89. The number of nitrogens with one attached hydrogen (secondary N) is 1. The van der Waals surface area contributed by atoms with Gasteiger partial charge in [0.15, 0.2) is 5.11 Å². The number of hydrogen-bond donors (Lipinski definition) is 1. The molecule has 0 aliphatic carbocycles. The first-order valence-corrected chi connectivity index (χ1v) is 10.8. The summed E-state index contributed by atoms with van der Waals surface area (Å²) < 4.78 is 10.9. The van der Waals surface area contributed by atoms with Gasteiger partial charge in [0, 0.05) is 36.9 Å². The van der Waals surface area contributed by atoms with E-state index >= 15 is 0 Å². The Kier molecular flexibility index (Phi) is 6.64. The number of thiocarbonyl (C=S) groups is 1. The number of carbonyl (C=O) groups excluding carboxylic acids is 1. The number of nitro benzene ring substituents is 1. The monoisotopic (exact) mass is 466 g/mol. The van der Waals surface area contributed by atoms with Gasteiger partial charge in [0.2, 0.25) is 0 Å². The molecule has 2 atom stereocenters. The second-order valence-corrected chi connectivity index (χ2v) is 7.90. The van der Waals surface area contributed by atoms with Crippen LogP contribution >= 0.6 is 12.2 Å². The van der Waals surface area contributed by atoms with Gasteiger partial charge in [-0.15, -0.1) is 0 Å². The summed E-state index contributed by atoms with van der Waals surface area (Å²) in [6.07, 6.45) is 2.54. The Morgan fingerprint density at radius 2 is 2.12 bits per heavy atom. The van der Waals surface area contributed by atoms with E-state index in [0.29, 0.717) is 35.2 Å². The summed E-state index contributed by atoms with van der Waals surface area (Å²) in [5.74, 6) is 0.871. The van der Waals surface area contributed by atoms with Gasteiger partial charge in [-0.1, -0.05) is 18.2 Å². The van der Waals surface area contributed by atoms with Crippen LogP contribution in [0.4, 0.5) is 5.69 Å². The molecule has 1 aliphatic heterocycles. The van der Waals surface area contributed by atoms with Crippen molar-refractivity contribution in [2.24, 2.45) is 0 Å². The number of rotatable bonds is 8. The summed E-state index contributed by atoms with van der Waals surface area (Å²) >= 11 is 5.60. The van der Waals surface area contributed by atoms with E-state index in [4.69, 9.17) is 21.4 Å². The van der Waals surface area contributed by atoms with Crippen molar-refractivity contribution in [2.75, 3.05) is 13.7 Å². The molecule has 0 radical (unpaired) electrons. The summed E-state index contributed by atoms with van der Waals surface area (Å²) in [7, 11) is 1.36. The van der Waals surface area contributed by atoms with Gasteiger partial charge >= 0.3 is 5.97 Å². The molecule has 0 amide bonds. The Balaban J connectivity index is 1.66. The minimum absolute atomic E-state index is 0.00930. The van der Waals surface area contributed by atoms with Gasteiger partial charge in [-0.25, -0.2) is 0 Å². The van der Waals surface area contributed by atoms with Gasteiger partial charge in [0.05, 0.1) is 23.8 Å². The van der Waals surface area contributed by atoms with Crippen LogP contribution in [0.1, 0.15) is 36.4 Å². The third-order valence-electron chi connectivity index (χ3n) is 5.47. The molecule has 0 unspecified atom stereocenters. The van der Waals surface area contributed by atoms with E-state index < -0.39 is 4.92 Å². The minimum atomic E-state index is -0.438. The molecule has 10 heteroatoms. The van der Waals surface area contributed by atoms with E-state index in [1.807, 2.05) is 29.2 Å². The molecule has 4 rings (SSSR count). The predicted molar refractivity (Wildman–Crippen MR) is 124 cm³/mol. The van der Waals surface area contributed by atoms with E-state index in [2.05, 4.69) is 10.3 Å². The van der Waals surface area contributed by atoms with Crippen molar-refractivity contribution in [3.05, 3.63) is 82.4 Å². The van der Waals surface area contributed by atoms with Crippen LogP contribution in [-0.2, 0) is 9.53 Å². The molecule has 0 spiro atoms. The van der Waals surface area contributed by atoms with E-state index in [1.165, 1.54) is 19.2 Å². The summed E-state index contributed by atoms with van der Waals surface area (Å²) in [5.41, 5.74) is 1.40. The molecule has 3 heterocycles. The van der Waals surface area contributed by atoms with Crippen LogP contribution in [0.2, 0.25) is 0 Å². The third kappa shape index (κ3) is 4.85. The van der Waals surface area contributed by atoms with Crippen molar-refractivity contribution < 1.29 is 18.9 Å². The van der Waals surface area contributed by atoms with E-state index in [9.17, 15) is 14.9 Å². The number of hydrogen-bond acceptors (Lipinski definition) is 7. The Bertz CT molecular complexity index is 1170. The first kappa shape index (κ1) is 22.4. The van der Waals surface area contributed by atoms with Gasteiger partial charge in [-0.2, -0.15) is 0 Å². The first-order chi connectivity index (χ1) is 16.0. The molecule has 1 fully saturated rings. The number of esters is 1. The third-order valence-corrected chi connectivity index (χ3v) is 5.82. The lowest BCUT2D eigenvalue weighted by atomic mass is 10.0. The van der Waals surface area contributed by atoms with Crippen LogP contribution in [-0.4, -0.2) is 39.5 Å². The number of pyridine rings is 1. The maximum atomic E-state index is 11.6. The number of furan rings is 1. The van der Waals surface area contributed by atoms with E-state index in [-0.39, 0.29) is 30.2 Å². The largest absolute Gasteiger partial charge is 0.469 e. The highest BCUT2D eigenvalue weighted by Gasteiger charge is 2.41. The smallest absolute Gasteiger partial charge is 0.305 e. The molecule has 1 aliphatic rings. The zero-order chi connectivity index (χ0) is 23.4. The Labute approximate surface area is 195 Å². The van der Waals surface area contributed by atoms with Crippen LogP contribution in [0.15, 0.2) is 65.2 Å². The van der Waals surface area contributed by atoms with Crippen molar-refractivity contribution in [2.45, 2.75) is 24.9 Å². The van der Waals surface area contributed by atoms with Crippen LogP contribution in [0, 0.1) is 10.1 Å². The summed E-state index contributed by atoms with van der Waals surface area (Å²) in [5, 5.41) is 15.0. The molecule has 9 nitrogen and oxygen atoms in total. The molecule has 1 aromatic carbocycles. The lowest BCUT2D eigenvalue weighted by molar-refractivity contribution is -0.384. The topological polar surface area (TPSA) is 111 Å². The molecule has 0 bridgehead atoms. The summed E-state index contributed by atoms with van der Waals surface area (Å²) in [6, 6.07) is 15.0. The number of aromatic nitrogens is 1. The fourth-order valence-corrected chi connectivity index (χ4v) is 4.22. The number of non-ortho nitro benzene ring substituents is 1. The lowest BCUT2D eigenvalue weighted by Crippen LogP contribution is -2.30. The standard InChI is InChI=1S/C23H22N4O5S/c1-31-20(28)9-5-13-26-22(21(25-23(26)33)17-8-2-3-12-24-17)19-11-10-18(32-19)15-6-4-7-16(14-15)27(29)30/h2-4,6-8,10-12,14,21-22H,5,9,13H2,1H3,(H,25,33)/t21-,22-/m0/s1. The van der Waals surface area contributed by atoms with Crippen LogP contribution in [0.25, 0.3) is 11.3 Å². The number of methoxy groups -OCH3 is 1.